The predicted octanol–water partition coefficient (Wildman–Crippen LogP) is 2.55. The fourth-order valence-electron chi connectivity index (χ4n) is 3.52. The number of nitrogens with one attached hydrogen (secondary N) is 3. The summed E-state index contributed by atoms with van der Waals surface area (Å²) in [7, 11) is 1.43. The molecular formula is C22H35N7O4. The molecule has 3 rings (SSSR count). The fraction of sp³-hybridized carbons (Fsp3) is 0.545. The summed E-state index contributed by atoms with van der Waals surface area (Å²) in [6, 6.07) is 3.32. The molecule has 0 saturated heterocycles. The summed E-state index contributed by atoms with van der Waals surface area (Å²) < 4.78 is 5.05. The van der Waals surface area contributed by atoms with Crippen molar-refractivity contribution in [2.75, 3.05) is 34.4 Å². The van der Waals surface area contributed by atoms with E-state index in [-0.39, 0.29) is 48.5 Å². The lowest BCUT2D eigenvalue weighted by Gasteiger charge is -2.27. The molecule has 0 saturated carbocycles. The van der Waals surface area contributed by atoms with E-state index in [0.717, 1.165) is 5.69 Å². The van der Waals surface area contributed by atoms with Gasteiger partial charge in [-0.15, -0.1) is 5.53 Å². The van der Waals surface area contributed by atoms with Gasteiger partial charge in [0.25, 0.3) is 0 Å². The number of fused-ring (bicyclic) bond motifs is 1. The van der Waals surface area contributed by atoms with Crippen LogP contribution in [0.15, 0.2) is 12.1 Å². The fourth-order valence-corrected chi connectivity index (χ4v) is 3.52. The highest BCUT2D eigenvalue weighted by molar-refractivity contribution is 5.83. The number of phenols is 2. The van der Waals surface area contributed by atoms with Crippen LogP contribution in [0, 0.1) is 0 Å². The van der Waals surface area contributed by atoms with E-state index >= 15 is 0 Å². The minimum absolute atomic E-state index is 0.0387. The van der Waals surface area contributed by atoms with Crippen molar-refractivity contribution in [3.05, 3.63) is 17.7 Å². The average molecular weight is 462 g/mol. The Hall–Kier alpha value is -3.18. The van der Waals surface area contributed by atoms with Crippen LogP contribution < -0.4 is 30.9 Å². The third-order valence-electron chi connectivity index (χ3n) is 5.49. The minimum Gasteiger partial charge on any atom is -0.504 e. The second-order valence-corrected chi connectivity index (χ2v) is 8.51. The van der Waals surface area contributed by atoms with Gasteiger partial charge in [0, 0.05) is 24.2 Å². The molecule has 2 aromatic rings. The van der Waals surface area contributed by atoms with Crippen molar-refractivity contribution in [3.63, 3.8) is 0 Å². The summed E-state index contributed by atoms with van der Waals surface area (Å²) in [5, 5.41) is 40.6. The lowest BCUT2D eigenvalue weighted by atomic mass is 10.1. The van der Waals surface area contributed by atoms with E-state index in [4.69, 9.17) is 9.72 Å². The SMILES string of the molecule is CCC(CO)Nc1nc(NCc2ccc(OC)c(O)c2O)c2c(n1)N(C(C)C)NN2C(C)C. The number of methoxy groups -OCH3 is 1. The summed E-state index contributed by atoms with van der Waals surface area (Å²) in [5.74, 6) is 1.28. The van der Waals surface area contributed by atoms with E-state index in [1.807, 2.05) is 16.9 Å². The minimum atomic E-state index is -0.308. The highest BCUT2D eigenvalue weighted by atomic mass is 16.5. The number of hydrogen-bond acceptors (Lipinski definition) is 11. The van der Waals surface area contributed by atoms with Gasteiger partial charge in [-0.3, -0.25) is 10.0 Å². The zero-order chi connectivity index (χ0) is 24.3. The van der Waals surface area contributed by atoms with Gasteiger partial charge in [-0.1, -0.05) is 6.92 Å². The molecule has 1 aliphatic heterocycles. The van der Waals surface area contributed by atoms with Crippen LogP contribution in [0.25, 0.3) is 0 Å². The Morgan fingerprint density at radius 2 is 1.76 bits per heavy atom. The molecule has 33 heavy (non-hydrogen) atoms. The molecule has 2 heterocycles. The Morgan fingerprint density at radius 3 is 2.33 bits per heavy atom. The highest BCUT2D eigenvalue weighted by Crippen LogP contribution is 2.42. The summed E-state index contributed by atoms with van der Waals surface area (Å²) in [6.07, 6.45) is 0.711. The first kappa shape index (κ1) is 24.5. The van der Waals surface area contributed by atoms with Gasteiger partial charge in [0.15, 0.2) is 23.1 Å². The quantitative estimate of drug-likeness (QED) is 0.291. The van der Waals surface area contributed by atoms with Crippen molar-refractivity contribution in [3.8, 4) is 17.2 Å². The van der Waals surface area contributed by atoms with Crippen LogP contribution in [0.5, 0.6) is 17.2 Å². The monoisotopic (exact) mass is 461 g/mol. The molecule has 11 nitrogen and oxygen atoms in total. The third-order valence-corrected chi connectivity index (χ3v) is 5.49. The molecule has 1 aromatic carbocycles. The van der Waals surface area contributed by atoms with E-state index in [0.29, 0.717) is 29.6 Å². The van der Waals surface area contributed by atoms with Gasteiger partial charge in [0.2, 0.25) is 11.7 Å². The van der Waals surface area contributed by atoms with Gasteiger partial charge in [0.1, 0.15) is 5.69 Å². The van der Waals surface area contributed by atoms with E-state index in [2.05, 4.69) is 48.8 Å². The van der Waals surface area contributed by atoms with Crippen LogP contribution in [0.2, 0.25) is 0 Å². The third kappa shape index (κ3) is 4.93. The largest absolute Gasteiger partial charge is 0.504 e. The Balaban J connectivity index is 2.02. The molecule has 0 fully saturated rings. The molecule has 182 valence electrons. The molecule has 0 bridgehead atoms. The van der Waals surface area contributed by atoms with E-state index in [1.165, 1.54) is 7.11 Å². The summed E-state index contributed by atoms with van der Waals surface area (Å²) in [6.45, 7) is 10.4. The van der Waals surface area contributed by atoms with Crippen LogP contribution in [-0.2, 0) is 6.54 Å². The predicted molar refractivity (Wildman–Crippen MR) is 129 cm³/mol. The molecule has 1 aliphatic rings. The van der Waals surface area contributed by atoms with Gasteiger partial charge in [-0.25, -0.2) is 0 Å². The number of benzene rings is 1. The van der Waals surface area contributed by atoms with Crippen LogP contribution in [0.4, 0.5) is 23.3 Å². The number of nitrogens with zero attached hydrogens (tertiary/aromatic N) is 4. The first-order chi connectivity index (χ1) is 15.7. The zero-order valence-electron chi connectivity index (χ0n) is 20.0. The lowest BCUT2D eigenvalue weighted by Crippen LogP contribution is -2.50. The molecule has 1 atom stereocenters. The first-order valence-electron chi connectivity index (χ1n) is 11.2. The number of phenolic OH excluding ortho intramolecular Hbond substituents is 2. The average Bonchev–Trinajstić information content (AvgIpc) is 3.18. The first-order valence-corrected chi connectivity index (χ1v) is 11.2. The van der Waals surface area contributed by atoms with Crippen molar-refractivity contribution in [2.45, 2.75) is 65.7 Å². The maximum absolute atomic E-state index is 10.4. The second-order valence-electron chi connectivity index (χ2n) is 8.51. The van der Waals surface area contributed by atoms with E-state index in [9.17, 15) is 15.3 Å². The van der Waals surface area contributed by atoms with Gasteiger partial charge >= 0.3 is 0 Å². The molecule has 0 aliphatic carbocycles. The van der Waals surface area contributed by atoms with Gasteiger partial charge in [-0.2, -0.15) is 9.97 Å². The second kappa shape index (κ2) is 10.2. The van der Waals surface area contributed by atoms with E-state index < -0.39 is 0 Å². The summed E-state index contributed by atoms with van der Waals surface area (Å²) in [5.41, 5.74) is 4.64. The number of aliphatic hydroxyl groups excluding tert-OH is 1. The molecule has 1 unspecified atom stereocenters. The molecule has 0 spiro atoms. The summed E-state index contributed by atoms with van der Waals surface area (Å²) in [4.78, 5) is 9.42. The number of aromatic nitrogens is 2. The summed E-state index contributed by atoms with van der Waals surface area (Å²) >= 11 is 0. The van der Waals surface area contributed by atoms with Crippen molar-refractivity contribution < 1.29 is 20.1 Å². The Kier molecular flexibility index (Phi) is 7.54. The molecule has 0 radical (unpaired) electrons. The van der Waals surface area contributed by atoms with Crippen LogP contribution in [0.1, 0.15) is 46.6 Å². The van der Waals surface area contributed by atoms with E-state index in [1.54, 1.807) is 12.1 Å². The van der Waals surface area contributed by atoms with Gasteiger partial charge < -0.3 is 30.7 Å². The number of aliphatic hydroxyl groups is 1. The standard InChI is InChI=1S/C22H35N7O4/c1-7-15(11-30)24-22-25-20(23-10-14-8-9-16(33-6)19(32)18(14)31)17-21(26-22)29(13(4)5)27-28(17)12(2)3/h8-9,12-13,15,27,30-32H,7,10-11H2,1-6H3,(H2,23,24,25,26). The van der Waals surface area contributed by atoms with Crippen molar-refractivity contribution >= 4 is 23.3 Å². The Morgan fingerprint density at radius 1 is 1.06 bits per heavy atom. The normalized spacial score (nSPS) is 14.1. The number of hydrazine groups is 2. The van der Waals surface area contributed by atoms with Crippen LogP contribution >= 0.6 is 0 Å². The smallest absolute Gasteiger partial charge is 0.227 e. The van der Waals surface area contributed by atoms with Crippen LogP contribution in [-0.4, -0.2) is 57.1 Å². The lowest BCUT2D eigenvalue weighted by molar-refractivity contribution is 0.271. The molecule has 1 aromatic heterocycles. The van der Waals surface area contributed by atoms with Gasteiger partial charge in [-0.05, 0) is 46.2 Å². The maximum Gasteiger partial charge on any atom is 0.227 e. The number of anilines is 4. The Bertz CT molecular complexity index is 966. The Labute approximate surface area is 194 Å². The van der Waals surface area contributed by atoms with Crippen molar-refractivity contribution in [1.82, 2.24) is 15.5 Å². The molecule has 0 amide bonds. The number of rotatable bonds is 10. The zero-order valence-corrected chi connectivity index (χ0v) is 20.0. The van der Waals surface area contributed by atoms with Crippen LogP contribution in [0.3, 0.4) is 0 Å². The topological polar surface area (TPSA) is 138 Å². The van der Waals surface area contributed by atoms with Crippen molar-refractivity contribution in [2.24, 2.45) is 0 Å². The number of aromatic hydroxyl groups is 2. The van der Waals surface area contributed by atoms with Gasteiger partial charge in [0.05, 0.1) is 19.8 Å². The molecule has 11 heteroatoms. The molecular weight excluding hydrogens is 426 g/mol. The number of ether oxygens (including phenoxy) is 1. The maximum atomic E-state index is 10.4. The molecule has 6 N–H and O–H groups in total. The van der Waals surface area contributed by atoms with Crippen molar-refractivity contribution in [1.29, 1.82) is 0 Å². The number of hydrogen-bond donors (Lipinski definition) is 6. The highest BCUT2D eigenvalue weighted by Gasteiger charge is 2.35.